The first-order valence-corrected chi connectivity index (χ1v) is 3.45. The van der Waals surface area contributed by atoms with Gasteiger partial charge >= 0.3 is 0 Å². The summed E-state index contributed by atoms with van der Waals surface area (Å²) in [5, 5.41) is 12.1. The minimum absolute atomic E-state index is 0.630. The molecule has 0 atom stereocenters. The SMILES string of the molecule is Cc1c[nH]c2c1ccc[n+]2[O-]. The van der Waals surface area contributed by atoms with E-state index in [0.717, 1.165) is 15.7 Å². The first-order valence-electron chi connectivity index (χ1n) is 3.45. The number of hydrogen-bond acceptors (Lipinski definition) is 1. The largest absolute Gasteiger partial charge is 0.711 e. The number of aromatic amines is 1. The molecule has 0 bridgehead atoms. The van der Waals surface area contributed by atoms with Gasteiger partial charge in [0.15, 0.2) is 0 Å². The predicted molar refractivity (Wildman–Crippen MR) is 42.0 cm³/mol. The molecule has 1 N–H and O–H groups in total. The second-order valence-electron chi connectivity index (χ2n) is 2.57. The Morgan fingerprint density at radius 3 is 3.09 bits per heavy atom. The topological polar surface area (TPSA) is 42.7 Å². The Morgan fingerprint density at radius 1 is 1.55 bits per heavy atom. The zero-order valence-electron chi connectivity index (χ0n) is 6.16. The van der Waals surface area contributed by atoms with Crippen LogP contribution in [0.2, 0.25) is 0 Å². The van der Waals surface area contributed by atoms with Crippen LogP contribution in [0.25, 0.3) is 11.0 Å². The quantitative estimate of drug-likeness (QED) is 0.441. The summed E-state index contributed by atoms with van der Waals surface area (Å²) in [5.41, 5.74) is 1.73. The highest BCUT2D eigenvalue weighted by atomic mass is 16.5. The van der Waals surface area contributed by atoms with Gasteiger partial charge in [-0.15, -0.1) is 0 Å². The molecule has 0 spiro atoms. The first kappa shape index (κ1) is 6.22. The summed E-state index contributed by atoms with van der Waals surface area (Å²) < 4.78 is 0.836. The van der Waals surface area contributed by atoms with E-state index in [1.165, 1.54) is 6.20 Å². The fourth-order valence-corrected chi connectivity index (χ4v) is 1.20. The van der Waals surface area contributed by atoms with E-state index < -0.39 is 0 Å². The van der Waals surface area contributed by atoms with E-state index in [4.69, 9.17) is 0 Å². The molecule has 0 fully saturated rings. The van der Waals surface area contributed by atoms with Gasteiger partial charge in [-0.1, -0.05) is 0 Å². The van der Waals surface area contributed by atoms with Crippen molar-refractivity contribution in [2.24, 2.45) is 0 Å². The van der Waals surface area contributed by atoms with Crippen LogP contribution < -0.4 is 4.73 Å². The van der Waals surface area contributed by atoms with Crippen LogP contribution in [0.5, 0.6) is 0 Å². The molecule has 0 aliphatic heterocycles. The van der Waals surface area contributed by atoms with Gasteiger partial charge in [0, 0.05) is 5.56 Å². The lowest BCUT2D eigenvalue weighted by Crippen LogP contribution is -2.25. The van der Waals surface area contributed by atoms with Gasteiger partial charge in [-0.05, 0) is 19.1 Å². The van der Waals surface area contributed by atoms with Crippen LogP contribution in [0.4, 0.5) is 0 Å². The molecule has 0 aliphatic rings. The van der Waals surface area contributed by atoms with Crippen LogP contribution in [0.3, 0.4) is 0 Å². The number of hydrogen-bond donors (Lipinski definition) is 1. The fraction of sp³-hybridized carbons (Fsp3) is 0.125. The average Bonchev–Trinajstić information content (AvgIpc) is 2.35. The Morgan fingerprint density at radius 2 is 2.36 bits per heavy atom. The van der Waals surface area contributed by atoms with Gasteiger partial charge in [0.25, 0.3) is 5.65 Å². The Labute approximate surface area is 63.9 Å². The Balaban J connectivity index is 2.94. The van der Waals surface area contributed by atoms with E-state index >= 15 is 0 Å². The lowest BCUT2D eigenvalue weighted by atomic mass is 10.2. The summed E-state index contributed by atoms with van der Waals surface area (Å²) >= 11 is 0. The van der Waals surface area contributed by atoms with Crippen molar-refractivity contribution in [3.8, 4) is 0 Å². The standard InChI is InChI=1S/C8H8N2O/c1-6-5-9-8-7(6)3-2-4-10(8)11/h2-5,9H,1H3. The summed E-state index contributed by atoms with van der Waals surface area (Å²) in [4.78, 5) is 2.91. The maximum absolute atomic E-state index is 11.1. The molecule has 2 aromatic heterocycles. The first-order chi connectivity index (χ1) is 5.29. The second-order valence-corrected chi connectivity index (χ2v) is 2.57. The molecule has 56 valence electrons. The summed E-state index contributed by atoms with van der Waals surface area (Å²) in [7, 11) is 0. The minimum atomic E-state index is 0.630. The maximum atomic E-state index is 11.1. The van der Waals surface area contributed by atoms with Crippen molar-refractivity contribution in [1.29, 1.82) is 0 Å². The van der Waals surface area contributed by atoms with Crippen molar-refractivity contribution in [1.82, 2.24) is 4.98 Å². The molecular formula is C8H8N2O. The number of fused-ring (bicyclic) bond motifs is 1. The Kier molecular flexibility index (Phi) is 1.12. The second kappa shape index (κ2) is 1.99. The van der Waals surface area contributed by atoms with Gasteiger partial charge in [0.1, 0.15) is 0 Å². The summed E-state index contributed by atoms with van der Waals surface area (Å²) in [5.74, 6) is 0. The van der Waals surface area contributed by atoms with Crippen molar-refractivity contribution < 1.29 is 4.73 Å². The Bertz CT molecular complexity index is 392. The van der Waals surface area contributed by atoms with E-state index in [0.29, 0.717) is 5.65 Å². The van der Waals surface area contributed by atoms with Crippen molar-refractivity contribution >= 4 is 11.0 Å². The fourth-order valence-electron chi connectivity index (χ4n) is 1.20. The highest BCUT2D eigenvalue weighted by Crippen LogP contribution is 2.11. The molecule has 2 aromatic rings. The molecule has 2 rings (SSSR count). The van der Waals surface area contributed by atoms with Crippen molar-refractivity contribution in [3.05, 3.63) is 35.3 Å². The highest BCUT2D eigenvalue weighted by Gasteiger charge is 2.04. The van der Waals surface area contributed by atoms with Crippen molar-refractivity contribution in [2.75, 3.05) is 0 Å². The third-order valence-corrected chi connectivity index (χ3v) is 1.81. The summed E-state index contributed by atoms with van der Waals surface area (Å²) in [6.07, 6.45) is 3.32. The van der Waals surface area contributed by atoms with Crippen LogP contribution in [0.15, 0.2) is 24.5 Å². The van der Waals surface area contributed by atoms with E-state index in [9.17, 15) is 5.21 Å². The molecule has 0 radical (unpaired) electrons. The summed E-state index contributed by atoms with van der Waals surface area (Å²) in [6, 6.07) is 3.67. The molecule has 3 nitrogen and oxygen atoms in total. The maximum Gasteiger partial charge on any atom is 0.289 e. The molecule has 0 amide bonds. The molecule has 0 aliphatic carbocycles. The van der Waals surface area contributed by atoms with Gasteiger partial charge in [0.05, 0.1) is 17.8 Å². The Hall–Kier alpha value is -1.51. The number of H-pyrrole nitrogens is 1. The number of nitrogens with one attached hydrogen (secondary N) is 1. The van der Waals surface area contributed by atoms with Crippen molar-refractivity contribution in [3.63, 3.8) is 0 Å². The van der Waals surface area contributed by atoms with Crippen molar-refractivity contribution in [2.45, 2.75) is 6.92 Å². The molecule has 11 heavy (non-hydrogen) atoms. The highest BCUT2D eigenvalue weighted by molar-refractivity contribution is 5.76. The summed E-state index contributed by atoms with van der Waals surface area (Å²) in [6.45, 7) is 1.97. The van der Waals surface area contributed by atoms with Crippen LogP contribution in [-0.4, -0.2) is 4.98 Å². The molecule has 0 unspecified atom stereocenters. The minimum Gasteiger partial charge on any atom is -0.711 e. The van der Waals surface area contributed by atoms with Gasteiger partial charge in [-0.3, -0.25) is 0 Å². The number of aryl methyl sites for hydroxylation is 1. The third kappa shape index (κ3) is 0.774. The molecule has 0 saturated heterocycles. The van der Waals surface area contributed by atoms with Crippen LogP contribution in [-0.2, 0) is 0 Å². The molecule has 3 heteroatoms. The molecule has 2 heterocycles. The number of aromatic nitrogens is 2. The van der Waals surface area contributed by atoms with Gasteiger partial charge in [-0.2, -0.15) is 0 Å². The molecule has 0 aromatic carbocycles. The van der Waals surface area contributed by atoms with Gasteiger partial charge in [0.2, 0.25) is 0 Å². The van der Waals surface area contributed by atoms with Gasteiger partial charge in [-0.25, -0.2) is 9.71 Å². The molecular weight excluding hydrogens is 140 g/mol. The van der Waals surface area contributed by atoms with E-state index in [-0.39, 0.29) is 0 Å². The monoisotopic (exact) mass is 148 g/mol. The normalized spacial score (nSPS) is 10.6. The van der Waals surface area contributed by atoms with E-state index in [1.54, 1.807) is 6.07 Å². The molecule has 0 saturated carbocycles. The van der Waals surface area contributed by atoms with Crippen LogP contribution >= 0.6 is 0 Å². The third-order valence-electron chi connectivity index (χ3n) is 1.81. The number of rotatable bonds is 0. The van der Waals surface area contributed by atoms with Crippen LogP contribution in [0.1, 0.15) is 5.56 Å². The lowest BCUT2D eigenvalue weighted by Gasteiger charge is -1.99. The van der Waals surface area contributed by atoms with E-state index in [1.807, 2.05) is 19.2 Å². The zero-order chi connectivity index (χ0) is 7.84. The average molecular weight is 148 g/mol. The van der Waals surface area contributed by atoms with Gasteiger partial charge < -0.3 is 5.21 Å². The lowest BCUT2D eigenvalue weighted by molar-refractivity contribution is -0.579. The van der Waals surface area contributed by atoms with E-state index in [2.05, 4.69) is 4.98 Å². The zero-order valence-corrected chi connectivity index (χ0v) is 6.16. The van der Waals surface area contributed by atoms with Crippen LogP contribution in [0, 0.1) is 12.1 Å². The predicted octanol–water partition coefficient (Wildman–Crippen LogP) is 1.11. The number of pyridine rings is 1. The smallest absolute Gasteiger partial charge is 0.289 e. The number of nitrogens with zero attached hydrogens (tertiary/aromatic N) is 1.